The van der Waals surface area contributed by atoms with E-state index in [-0.39, 0.29) is 5.48 Å². The molecule has 0 unspecified atom stereocenters. The van der Waals surface area contributed by atoms with Crippen LogP contribution in [0.2, 0.25) is 0 Å². The van der Waals surface area contributed by atoms with E-state index >= 15 is 0 Å². The molecule has 0 fully saturated rings. The maximum atomic E-state index is 4.43. The van der Waals surface area contributed by atoms with Gasteiger partial charge in [-0.1, -0.05) is 0 Å². The van der Waals surface area contributed by atoms with Gasteiger partial charge in [-0.25, -0.2) is 0 Å². The zero-order chi connectivity index (χ0) is 2.71. The fourth-order valence-electron chi connectivity index (χ4n) is 0. The van der Waals surface area contributed by atoms with E-state index in [2.05, 4.69) is 1.41 Å². The second kappa shape index (κ2) is 8.82. The van der Waals surface area contributed by atoms with Crippen molar-refractivity contribution in [3.8, 4) is 0 Å². The fourth-order valence-corrected chi connectivity index (χ4v) is 0. The first-order valence-corrected chi connectivity index (χ1v) is 2.74. The van der Waals surface area contributed by atoms with Crippen molar-refractivity contribution in [1.29, 1.82) is 0 Å². The molecule has 2 nitrogen and oxygen atoms in total. The SMILES string of the molecule is O.[Sn][O][Sn]. The molecular weight excluding hydrogens is 269 g/mol. The number of hydrogen-bond acceptors (Lipinski definition) is 1. The third-order valence-electron chi connectivity index (χ3n) is 0. The standard InChI is InChI=1S/H2O.O.2Sn/h1H2;;;. The van der Waals surface area contributed by atoms with Crippen LogP contribution in [0.5, 0.6) is 0 Å². The van der Waals surface area contributed by atoms with Crippen molar-refractivity contribution in [1.82, 2.24) is 0 Å². The predicted molar refractivity (Wildman–Crippen MR) is 16.2 cm³/mol. The van der Waals surface area contributed by atoms with Gasteiger partial charge in [-0.15, -0.1) is 0 Å². The monoisotopic (exact) mass is 274 g/mol. The Balaban J connectivity index is 0. The first-order valence-electron chi connectivity index (χ1n) is 0.408. The zero-order valence-corrected chi connectivity index (χ0v) is 7.62. The summed E-state index contributed by atoms with van der Waals surface area (Å²) >= 11 is 2.35. The molecule has 4 heteroatoms. The van der Waals surface area contributed by atoms with Crippen molar-refractivity contribution in [3.63, 3.8) is 0 Å². The molecule has 2 N–H and O–H groups in total. The van der Waals surface area contributed by atoms with Crippen LogP contribution in [-0.4, -0.2) is 51.4 Å². The molecular formula is H2O2Sn2. The van der Waals surface area contributed by atoms with E-state index in [0.29, 0.717) is 0 Å². The topological polar surface area (TPSA) is 40.7 Å². The van der Waals surface area contributed by atoms with Crippen LogP contribution in [0, 0.1) is 0 Å². The molecule has 0 rings (SSSR count). The van der Waals surface area contributed by atoms with Gasteiger partial charge in [-0.3, -0.25) is 0 Å². The summed E-state index contributed by atoms with van der Waals surface area (Å²) in [6.07, 6.45) is 0. The molecule has 22 valence electrons. The Labute approximate surface area is 52.5 Å². The van der Waals surface area contributed by atoms with Crippen LogP contribution in [-0.2, 0) is 1.41 Å². The Kier molecular flexibility index (Phi) is 20.1. The van der Waals surface area contributed by atoms with E-state index in [9.17, 15) is 0 Å². The summed E-state index contributed by atoms with van der Waals surface area (Å²) < 4.78 is 4.43. The van der Waals surface area contributed by atoms with E-state index in [4.69, 9.17) is 0 Å². The van der Waals surface area contributed by atoms with Gasteiger partial charge in [-0.05, 0) is 0 Å². The average molecular weight is 271 g/mol. The van der Waals surface area contributed by atoms with Gasteiger partial charge in [0, 0.05) is 0 Å². The molecule has 0 aliphatic heterocycles. The first kappa shape index (κ1) is 9.10. The Morgan fingerprint density at radius 3 is 1.25 bits per heavy atom. The molecule has 0 aromatic carbocycles. The minimum atomic E-state index is 0. The van der Waals surface area contributed by atoms with Crippen molar-refractivity contribution in [2.24, 2.45) is 0 Å². The molecule has 0 saturated heterocycles. The molecule has 0 aromatic heterocycles. The van der Waals surface area contributed by atoms with Gasteiger partial charge in [0.05, 0.1) is 0 Å². The van der Waals surface area contributed by atoms with Gasteiger partial charge in [-0.2, -0.15) is 0 Å². The van der Waals surface area contributed by atoms with Gasteiger partial charge >= 0.3 is 47.3 Å². The van der Waals surface area contributed by atoms with E-state index in [1.807, 2.05) is 0 Å². The third kappa shape index (κ3) is 9.68. The van der Waals surface area contributed by atoms with Crippen LogP contribution in [0.4, 0.5) is 0 Å². The second-order valence-electron chi connectivity index (χ2n) is 0.102. The van der Waals surface area contributed by atoms with E-state index in [1.54, 1.807) is 0 Å². The first-order chi connectivity index (χ1) is 1.41. The van der Waals surface area contributed by atoms with Gasteiger partial charge in [0.15, 0.2) is 0 Å². The molecule has 0 heterocycles. The van der Waals surface area contributed by atoms with Crippen molar-refractivity contribution in [2.45, 2.75) is 0 Å². The fraction of sp³-hybridized carbons (Fsp3) is 0. The van der Waals surface area contributed by atoms with E-state index in [1.165, 1.54) is 45.9 Å². The van der Waals surface area contributed by atoms with Crippen molar-refractivity contribution < 1.29 is 6.89 Å². The summed E-state index contributed by atoms with van der Waals surface area (Å²) in [4.78, 5) is 0. The van der Waals surface area contributed by atoms with Crippen LogP contribution in [0.1, 0.15) is 0 Å². The summed E-state index contributed by atoms with van der Waals surface area (Å²) in [5.74, 6) is 0. The van der Waals surface area contributed by atoms with Gasteiger partial charge in [0.25, 0.3) is 0 Å². The Hall–Kier alpha value is 1.52. The minimum absolute atomic E-state index is 0. The van der Waals surface area contributed by atoms with Gasteiger partial charge < -0.3 is 5.48 Å². The maximum absolute atomic E-state index is 4.43. The number of hydrogen-bond donors (Lipinski definition) is 0. The second-order valence-corrected chi connectivity index (χ2v) is 4.59. The predicted octanol–water partition coefficient (Wildman–Crippen LogP) is -1.65. The summed E-state index contributed by atoms with van der Waals surface area (Å²) in [5.41, 5.74) is 0. The number of rotatable bonds is 0. The van der Waals surface area contributed by atoms with Crippen LogP contribution in [0.3, 0.4) is 0 Å². The van der Waals surface area contributed by atoms with Crippen molar-refractivity contribution in [2.75, 3.05) is 0 Å². The van der Waals surface area contributed by atoms with Gasteiger partial charge in [0.1, 0.15) is 0 Å². The summed E-state index contributed by atoms with van der Waals surface area (Å²) in [6, 6.07) is 0. The Bertz CT molecular complexity index is 4.00. The molecule has 0 aliphatic carbocycles. The molecule has 4 heavy (non-hydrogen) atoms. The Morgan fingerprint density at radius 1 is 1.25 bits per heavy atom. The van der Waals surface area contributed by atoms with Crippen LogP contribution in [0.15, 0.2) is 0 Å². The molecule has 0 aliphatic rings. The van der Waals surface area contributed by atoms with Crippen LogP contribution >= 0.6 is 0 Å². The van der Waals surface area contributed by atoms with Crippen LogP contribution in [0.25, 0.3) is 0 Å². The Morgan fingerprint density at radius 2 is 1.25 bits per heavy atom. The van der Waals surface area contributed by atoms with Crippen molar-refractivity contribution >= 4 is 45.9 Å². The average Bonchev–Trinajstić information content (AvgIpc) is 0.918. The van der Waals surface area contributed by atoms with Crippen LogP contribution < -0.4 is 0 Å². The molecule has 0 amide bonds. The molecule has 0 atom stereocenters. The molecule has 0 spiro atoms. The van der Waals surface area contributed by atoms with Crippen molar-refractivity contribution in [3.05, 3.63) is 0 Å². The molecule has 0 aromatic rings. The zero-order valence-electron chi connectivity index (χ0n) is 1.91. The molecule has 0 saturated carbocycles. The summed E-state index contributed by atoms with van der Waals surface area (Å²) in [7, 11) is 0. The molecule has 6 radical (unpaired) electrons. The normalized spacial score (nSPS) is 4.50. The summed E-state index contributed by atoms with van der Waals surface area (Å²) in [6.45, 7) is 0. The molecule has 0 bridgehead atoms. The summed E-state index contributed by atoms with van der Waals surface area (Å²) in [5, 5.41) is 0. The van der Waals surface area contributed by atoms with Gasteiger partial charge in [0.2, 0.25) is 0 Å². The van der Waals surface area contributed by atoms with E-state index < -0.39 is 0 Å². The third-order valence-corrected chi connectivity index (χ3v) is 0. The quantitative estimate of drug-likeness (QED) is 0.487. The van der Waals surface area contributed by atoms with E-state index in [0.717, 1.165) is 0 Å².